The van der Waals surface area contributed by atoms with Crippen molar-refractivity contribution in [3.8, 4) is 5.69 Å². The maximum absolute atomic E-state index is 14.4. The van der Waals surface area contributed by atoms with Crippen LogP contribution in [-0.2, 0) is 22.3 Å². The first-order valence-corrected chi connectivity index (χ1v) is 16.1. The average molecular weight is 687 g/mol. The molecule has 0 bridgehead atoms. The number of carbonyl (C=O) groups is 3. The number of rotatable bonds is 10. The summed E-state index contributed by atoms with van der Waals surface area (Å²) in [7, 11) is 0. The van der Waals surface area contributed by atoms with Gasteiger partial charge in [0.2, 0.25) is 5.91 Å². The molecule has 50 heavy (non-hydrogen) atoms. The van der Waals surface area contributed by atoms with Gasteiger partial charge in [-0.3, -0.25) is 24.3 Å². The quantitative estimate of drug-likeness (QED) is 0.158. The van der Waals surface area contributed by atoms with Crippen molar-refractivity contribution in [2.45, 2.75) is 51.5 Å². The minimum Gasteiger partial charge on any atom is -0.347 e. The van der Waals surface area contributed by atoms with Gasteiger partial charge in [0.25, 0.3) is 11.8 Å². The van der Waals surface area contributed by atoms with Crippen molar-refractivity contribution in [3.63, 3.8) is 0 Å². The second-order valence-electron chi connectivity index (χ2n) is 12.4. The Morgan fingerprint density at radius 2 is 1.70 bits per heavy atom. The van der Waals surface area contributed by atoms with Gasteiger partial charge < -0.3 is 10.6 Å². The largest absolute Gasteiger partial charge is 0.416 e. The van der Waals surface area contributed by atoms with Crippen LogP contribution in [-0.4, -0.2) is 52.3 Å². The third kappa shape index (κ3) is 6.93. The van der Waals surface area contributed by atoms with E-state index in [1.54, 1.807) is 42.1 Å². The highest BCUT2D eigenvalue weighted by Crippen LogP contribution is 2.44. The lowest BCUT2D eigenvalue weighted by Gasteiger charge is -2.38. The normalized spacial score (nSPS) is 18.6. The summed E-state index contributed by atoms with van der Waals surface area (Å²) < 4.78 is 56.4. The molecule has 4 aromatic rings. The van der Waals surface area contributed by atoms with Crippen LogP contribution in [0.25, 0.3) is 5.69 Å². The predicted molar refractivity (Wildman–Crippen MR) is 180 cm³/mol. The number of nitrogens with one attached hydrogen (secondary N) is 2. The number of likely N-dealkylation sites (N-methyl/N-ethyl adjacent to an activating group) is 1. The number of halogens is 4. The van der Waals surface area contributed by atoms with Crippen LogP contribution in [0.2, 0.25) is 0 Å². The number of nitrogens with zero attached hydrogens (tertiary/aromatic N) is 4. The standard InChI is InChI=1S/C37H34F4N6O3/c1-4-46-35-31(29(45-47(35)26-11-6-5-7-12-26)20-43-34(49)27(17-21(2)3)28-19-42-28)30(22-13-15-25(38)16-14-22)32(36(46)50)44-33(48)23-9-8-10-24(18-23)37(39,40)41/h5-19,21,28,30,32H,4,20H2,1-3H3,(H,43,49)(H,44,48)/b27-17+/t28?,30-,32-/m0/s1. The summed E-state index contributed by atoms with van der Waals surface area (Å²) >= 11 is 0. The number of hydrogen-bond acceptors (Lipinski definition) is 5. The van der Waals surface area contributed by atoms with E-state index in [1.807, 2.05) is 26.0 Å². The van der Waals surface area contributed by atoms with Gasteiger partial charge in [-0.1, -0.05) is 56.3 Å². The number of aromatic nitrogens is 2. The second kappa shape index (κ2) is 13.7. The number of hydrogen-bond donors (Lipinski definition) is 2. The molecule has 0 saturated heterocycles. The predicted octanol–water partition coefficient (Wildman–Crippen LogP) is 5.98. The third-order valence-electron chi connectivity index (χ3n) is 8.50. The number of anilines is 1. The van der Waals surface area contributed by atoms with E-state index in [4.69, 9.17) is 5.10 Å². The van der Waals surface area contributed by atoms with Crippen molar-refractivity contribution >= 4 is 29.8 Å². The summed E-state index contributed by atoms with van der Waals surface area (Å²) in [6, 6.07) is 16.7. The Morgan fingerprint density at radius 1 is 1.00 bits per heavy atom. The van der Waals surface area contributed by atoms with E-state index >= 15 is 0 Å². The first kappa shape index (κ1) is 34.3. The summed E-state index contributed by atoms with van der Waals surface area (Å²) in [6.45, 7) is 5.70. The van der Waals surface area contributed by atoms with Crippen molar-refractivity contribution < 1.29 is 31.9 Å². The lowest BCUT2D eigenvalue weighted by Crippen LogP contribution is -2.55. The monoisotopic (exact) mass is 686 g/mol. The van der Waals surface area contributed by atoms with Crippen molar-refractivity contribution in [2.24, 2.45) is 10.9 Å². The fourth-order valence-electron chi connectivity index (χ4n) is 6.18. The number of carbonyl (C=O) groups excluding carboxylic acids is 3. The van der Waals surface area contributed by atoms with Crippen LogP contribution in [0, 0.1) is 11.7 Å². The highest BCUT2D eigenvalue weighted by Gasteiger charge is 2.46. The SMILES string of the molecule is CCN1C(=O)[C@@H](NC(=O)c2cccc(C(F)(F)F)c2)[C@@H](c2ccc(F)cc2)c2c(CNC(=O)/C(=C/C(C)C)C3C=N3)nn(-c3ccccc3)c21. The van der Waals surface area contributed by atoms with Gasteiger partial charge in [0.05, 0.1) is 23.5 Å². The molecule has 3 aromatic carbocycles. The van der Waals surface area contributed by atoms with Gasteiger partial charge in [-0.25, -0.2) is 9.07 Å². The molecule has 3 atom stereocenters. The minimum absolute atomic E-state index is 0.0816. The van der Waals surface area contributed by atoms with Crippen molar-refractivity contribution in [2.75, 3.05) is 11.4 Å². The lowest BCUT2D eigenvalue weighted by atomic mass is 9.80. The maximum Gasteiger partial charge on any atom is 0.416 e. The molecule has 0 spiro atoms. The molecule has 0 fully saturated rings. The Bertz CT molecular complexity index is 1980. The minimum atomic E-state index is -4.69. The molecule has 2 aliphatic rings. The molecule has 2 N–H and O–H groups in total. The first-order valence-electron chi connectivity index (χ1n) is 16.1. The van der Waals surface area contributed by atoms with E-state index in [-0.39, 0.29) is 36.5 Å². The van der Waals surface area contributed by atoms with E-state index in [0.717, 1.165) is 18.2 Å². The maximum atomic E-state index is 14.4. The van der Waals surface area contributed by atoms with E-state index in [9.17, 15) is 31.9 Å². The van der Waals surface area contributed by atoms with Crippen LogP contribution in [0.15, 0.2) is 95.5 Å². The van der Waals surface area contributed by atoms with Crippen LogP contribution >= 0.6 is 0 Å². The van der Waals surface area contributed by atoms with E-state index in [1.165, 1.54) is 35.2 Å². The second-order valence-corrected chi connectivity index (χ2v) is 12.4. The molecule has 1 unspecified atom stereocenters. The number of benzene rings is 3. The van der Waals surface area contributed by atoms with Crippen LogP contribution < -0.4 is 15.5 Å². The van der Waals surface area contributed by atoms with E-state index in [0.29, 0.717) is 33.9 Å². The summed E-state index contributed by atoms with van der Waals surface area (Å²) in [5, 5.41) is 10.5. The Labute approximate surface area is 285 Å². The average Bonchev–Trinajstić information content (AvgIpc) is 3.87. The van der Waals surface area contributed by atoms with Gasteiger partial charge in [0, 0.05) is 35.4 Å². The Morgan fingerprint density at radius 3 is 2.32 bits per heavy atom. The fourth-order valence-corrected chi connectivity index (χ4v) is 6.18. The van der Waals surface area contributed by atoms with Crippen LogP contribution in [0.5, 0.6) is 0 Å². The molecule has 6 rings (SSSR count). The zero-order valence-electron chi connectivity index (χ0n) is 27.4. The number of fused-ring (bicyclic) bond motifs is 1. The fraction of sp³-hybridized carbons (Fsp3) is 0.270. The zero-order chi connectivity index (χ0) is 35.7. The summed E-state index contributed by atoms with van der Waals surface area (Å²) in [6.07, 6.45) is -1.18. The number of aliphatic imine (C=N–C) groups is 1. The summed E-state index contributed by atoms with van der Waals surface area (Å²) in [5.74, 6) is -2.84. The van der Waals surface area contributed by atoms with Crippen molar-refractivity contribution in [1.82, 2.24) is 20.4 Å². The molecule has 3 amide bonds. The van der Waals surface area contributed by atoms with Gasteiger partial charge in [-0.05, 0) is 60.9 Å². The Kier molecular flexibility index (Phi) is 9.41. The van der Waals surface area contributed by atoms with E-state index < -0.39 is 41.3 Å². The van der Waals surface area contributed by atoms with Gasteiger partial charge in [-0.15, -0.1) is 0 Å². The molecular formula is C37H34F4N6O3. The number of alkyl halides is 3. The molecule has 2 aliphatic heterocycles. The molecular weight excluding hydrogens is 652 g/mol. The summed E-state index contributed by atoms with van der Waals surface area (Å²) in [5.41, 5.74) is 1.09. The molecule has 0 saturated carbocycles. The molecule has 0 radical (unpaired) electrons. The first-order chi connectivity index (χ1) is 23.9. The molecule has 1 aromatic heterocycles. The van der Waals surface area contributed by atoms with Gasteiger partial charge in [0.15, 0.2) is 0 Å². The van der Waals surface area contributed by atoms with Gasteiger partial charge >= 0.3 is 6.18 Å². The summed E-state index contributed by atoms with van der Waals surface area (Å²) in [4.78, 5) is 47.1. The molecule has 0 aliphatic carbocycles. The van der Waals surface area contributed by atoms with Gasteiger partial charge in [-0.2, -0.15) is 18.3 Å². The number of amides is 3. The van der Waals surface area contributed by atoms with Gasteiger partial charge in [0.1, 0.15) is 23.7 Å². The zero-order valence-corrected chi connectivity index (χ0v) is 27.4. The topological polar surface area (TPSA) is 109 Å². The van der Waals surface area contributed by atoms with E-state index in [2.05, 4.69) is 15.6 Å². The smallest absolute Gasteiger partial charge is 0.347 e. The van der Waals surface area contributed by atoms with Crippen LogP contribution in [0.3, 0.4) is 0 Å². The highest BCUT2D eigenvalue weighted by molar-refractivity contribution is 6.06. The van der Waals surface area contributed by atoms with Crippen molar-refractivity contribution in [3.05, 3.63) is 124 Å². The van der Waals surface area contributed by atoms with Crippen LogP contribution in [0.1, 0.15) is 59.4 Å². The molecule has 9 nitrogen and oxygen atoms in total. The number of allylic oxidation sites excluding steroid dienone is 1. The molecule has 258 valence electrons. The number of para-hydroxylation sites is 1. The lowest BCUT2D eigenvalue weighted by molar-refractivity contribution is -0.137. The van der Waals surface area contributed by atoms with Crippen molar-refractivity contribution in [1.29, 1.82) is 0 Å². The highest BCUT2D eigenvalue weighted by atomic mass is 19.4. The van der Waals surface area contributed by atoms with Crippen LogP contribution in [0.4, 0.5) is 23.4 Å². The third-order valence-corrected chi connectivity index (χ3v) is 8.50. The molecule has 13 heteroatoms. The Hall–Kier alpha value is -5.59. The molecule has 3 heterocycles. The Balaban J connectivity index is 1.49.